The fourth-order valence-corrected chi connectivity index (χ4v) is 2.23. The molecule has 2 rings (SSSR count). The molecule has 0 unspecified atom stereocenters. The Morgan fingerprint density at radius 1 is 1.38 bits per heavy atom. The number of para-hydroxylation sites is 1. The second-order valence-corrected chi connectivity index (χ2v) is 4.86. The normalized spacial score (nSPS) is 10.6. The molecule has 0 aliphatic rings. The molecule has 112 valence electrons. The Bertz CT molecular complexity index is 683. The van der Waals surface area contributed by atoms with Crippen LogP contribution in [0.3, 0.4) is 0 Å². The van der Waals surface area contributed by atoms with Crippen molar-refractivity contribution in [1.29, 1.82) is 0 Å². The molecule has 0 saturated heterocycles. The molecule has 0 saturated carbocycles. The number of fused-ring (bicyclic) bond motifs is 1. The highest BCUT2D eigenvalue weighted by molar-refractivity contribution is 6.35. The molecule has 2 aromatic rings. The number of halogens is 1. The topological polar surface area (TPSA) is 96.2 Å². The van der Waals surface area contributed by atoms with Crippen molar-refractivity contribution < 1.29 is 14.7 Å². The summed E-state index contributed by atoms with van der Waals surface area (Å²) in [5.41, 5.74) is 1.57. The third-order valence-electron chi connectivity index (χ3n) is 2.97. The minimum atomic E-state index is -0.958. The van der Waals surface area contributed by atoms with Crippen LogP contribution in [0.2, 0.25) is 5.02 Å². The van der Waals surface area contributed by atoms with Gasteiger partial charge in [0.15, 0.2) is 0 Å². The second-order valence-electron chi connectivity index (χ2n) is 4.45. The number of amides is 2. The number of nitrogens with zero attached hydrogens (tertiary/aromatic N) is 2. The number of aromatic nitrogens is 2. The minimum Gasteiger partial charge on any atom is -0.481 e. The average molecular weight is 311 g/mol. The molecule has 2 amide bonds. The van der Waals surface area contributed by atoms with Gasteiger partial charge in [-0.05, 0) is 12.1 Å². The van der Waals surface area contributed by atoms with Crippen molar-refractivity contribution in [1.82, 2.24) is 20.2 Å². The first kappa shape index (κ1) is 15.1. The lowest BCUT2D eigenvalue weighted by molar-refractivity contribution is -0.136. The molecule has 1 aromatic carbocycles. The lowest BCUT2D eigenvalue weighted by atomic mass is 10.3. The van der Waals surface area contributed by atoms with Gasteiger partial charge in [-0.3, -0.25) is 4.79 Å². The number of aliphatic carboxylic acids is 1. The Labute approximate surface area is 125 Å². The first-order valence-corrected chi connectivity index (χ1v) is 6.70. The van der Waals surface area contributed by atoms with Gasteiger partial charge >= 0.3 is 12.0 Å². The Balaban J connectivity index is 1.98. The third-order valence-corrected chi connectivity index (χ3v) is 3.27. The Morgan fingerprint density at radius 3 is 2.81 bits per heavy atom. The predicted octanol–water partition coefficient (Wildman–Crippen LogP) is 1.50. The number of benzene rings is 1. The second kappa shape index (κ2) is 6.45. The molecule has 0 atom stereocenters. The molecule has 1 aromatic heterocycles. The summed E-state index contributed by atoms with van der Waals surface area (Å²) in [5, 5.41) is 14.2. The number of carbonyl (C=O) groups is 2. The fourth-order valence-electron chi connectivity index (χ4n) is 1.93. The largest absolute Gasteiger partial charge is 0.481 e. The summed E-state index contributed by atoms with van der Waals surface area (Å²) in [6, 6.07) is 5.00. The quantitative estimate of drug-likeness (QED) is 0.779. The standard InChI is InChI=1S/C13H15ClN4O3/c1-18-10(7-16-13(21)15-6-5-11(19)20)17-9-4-2-3-8(14)12(9)18/h2-4H,5-7H2,1H3,(H,19,20)(H2,15,16,21). The van der Waals surface area contributed by atoms with Gasteiger partial charge in [0.2, 0.25) is 0 Å². The number of carbonyl (C=O) groups excluding carboxylic acids is 1. The maximum atomic E-state index is 11.5. The van der Waals surface area contributed by atoms with Gasteiger partial charge < -0.3 is 20.3 Å². The zero-order valence-electron chi connectivity index (χ0n) is 11.4. The molecular weight excluding hydrogens is 296 g/mol. The molecule has 8 heteroatoms. The number of urea groups is 1. The fraction of sp³-hybridized carbons (Fsp3) is 0.308. The van der Waals surface area contributed by atoms with Gasteiger partial charge in [0.1, 0.15) is 5.82 Å². The lowest BCUT2D eigenvalue weighted by Crippen LogP contribution is -2.36. The predicted molar refractivity (Wildman–Crippen MR) is 78.2 cm³/mol. The first-order chi connectivity index (χ1) is 9.99. The van der Waals surface area contributed by atoms with Gasteiger partial charge in [-0.2, -0.15) is 0 Å². The number of imidazole rings is 1. The summed E-state index contributed by atoms with van der Waals surface area (Å²) in [5.74, 6) is -0.299. The molecule has 7 nitrogen and oxygen atoms in total. The van der Waals surface area contributed by atoms with E-state index in [0.717, 1.165) is 11.0 Å². The molecular formula is C13H15ClN4O3. The minimum absolute atomic E-state index is 0.0789. The zero-order chi connectivity index (χ0) is 15.4. The van der Waals surface area contributed by atoms with Crippen LogP contribution < -0.4 is 10.6 Å². The van der Waals surface area contributed by atoms with Crippen molar-refractivity contribution in [2.24, 2.45) is 7.05 Å². The average Bonchev–Trinajstić information content (AvgIpc) is 2.74. The van der Waals surface area contributed by atoms with E-state index in [1.54, 1.807) is 6.07 Å². The molecule has 1 heterocycles. The molecule has 0 fully saturated rings. The SMILES string of the molecule is Cn1c(CNC(=O)NCCC(=O)O)nc2cccc(Cl)c21. The molecule has 0 aliphatic carbocycles. The van der Waals surface area contributed by atoms with Gasteiger partial charge in [0.05, 0.1) is 29.0 Å². The summed E-state index contributed by atoms with van der Waals surface area (Å²) in [7, 11) is 1.82. The van der Waals surface area contributed by atoms with E-state index in [2.05, 4.69) is 15.6 Å². The smallest absolute Gasteiger partial charge is 0.315 e. The van der Waals surface area contributed by atoms with Crippen LogP contribution in [0.25, 0.3) is 11.0 Å². The number of carboxylic acid groups (broad SMARTS) is 1. The summed E-state index contributed by atoms with van der Waals surface area (Å²) < 4.78 is 1.81. The van der Waals surface area contributed by atoms with Crippen molar-refractivity contribution in [2.75, 3.05) is 6.54 Å². The van der Waals surface area contributed by atoms with Crippen molar-refractivity contribution in [2.45, 2.75) is 13.0 Å². The van der Waals surface area contributed by atoms with Crippen LogP contribution in [0, 0.1) is 0 Å². The number of hydrogen-bond donors (Lipinski definition) is 3. The molecule has 0 radical (unpaired) electrons. The molecule has 0 bridgehead atoms. The summed E-state index contributed by atoms with van der Waals surface area (Å²) >= 11 is 6.12. The molecule has 0 aliphatic heterocycles. The summed E-state index contributed by atoms with van der Waals surface area (Å²) in [6.07, 6.45) is -0.116. The van der Waals surface area contributed by atoms with Gasteiger partial charge in [0.25, 0.3) is 0 Å². The van der Waals surface area contributed by atoms with E-state index >= 15 is 0 Å². The summed E-state index contributed by atoms with van der Waals surface area (Å²) in [6.45, 7) is 0.302. The number of nitrogens with one attached hydrogen (secondary N) is 2. The first-order valence-electron chi connectivity index (χ1n) is 6.32. The number of carboxylic acids is 1. The van der Waals surface area contributed by atoms with Gasteiger partial charge in [-0.1, -0.05) is 17.7 Å². The van der Waals surface area contributed by atoms with E-state index in [-0.39, 0.29) is 19.5 Å². The van der Waals surface area contributed by atoms with E-state index in [9.17, 15) is 9.59 Å². The number of hydrogen-bond acceptors (Lipinski definition) is 3. The van der Waals surface area contributed by atoms with Crippen molar-refractivity contribution in [3.05, 3.63) is 29.0 Å². The van der Waals surface area contributed by atoms with E-state index in [0.29, 0.717) is 10.8 Å². The zero-order valence-corrected chi connectivity index (χ0v) is 12.1. The Kier molecular flexibility index (Phi) is 4.64. The van der Waals surface area contributed by atoms with Gasteiger partial charge in [0, 0.05) is 13.6 Å². The van der Waals surface area contributed by atoms with Crippen LogP contribution in [0.4, 0.5) is 4.79 Å². The lowest BCUT2D eigenvalue weighted by Gasteiger charge is -2.07. The van der Waals surface area contributed by atoms with E-state index in [1.165, 1.54) is 0 Å². The molecule has 0 spiro atoms. The highest BCUT2D eigenvalue weighted by atomic mass is 35.5. The Morgan fingerprint density at radius 2 is 2.14 bits per heavy atom. The monoisotopic (exact) mass is 310 g/mol. The Hall–Kier alpha value is -2.28. The van der Waals surface area contributed by atoms with E-state index < -0.39 is 12.0 Å². The van der Waals surface area contributed by atoms with Crippen molar-refractivity contribution in [3.63, 3.8) is 0 Å². The van der Waals surface area contributed by atoms with Gasteiger partial charge in [-0.25, -0.2) is 9.78 Å². The van der Waals surface area contributed by atoms with Crippen LogP contribution in [0.5, 0.6) is 0 Å². The van der Waals surface area contributed by atoms with Crippen LogP contribution >= 0.6 is 11.6 Å². The molecule has 3 N–H and O–H groups in total. The highest BCUT2D eigenvalue weighted by Gasteiger charge is 2.11. The summed E-state index contributed by atoms with van der Waals surface area (Å²) in [4.78, 5) is 26.2. The maximum absolute atomic E-state index is 11.5. The van der Waals surface area contributed by atoms with Gasteiger partial charge in [-0.15, -0.1) is 0 Å². The van der Waals surface area contributed by atoms with E-state index in [1.807, 2.05) is 23.7 Å². The van der Waals surface area contributed by atoms with E-state index in [4.69, 9.17) is 16.7 Å². The van der Waals surface area contributed by atoms with Crippen molar-refractivity contribution >= 4 is 34.6 Å². The van der Waals surface area contributed by atoms with Crippen LogP contribution in [-0.2, 0) is 18.4 Å². The number of rotatable bonds is 5. The van der Waals surface area contributed by atoms with Crippen LogP contribution in [0.15, 0.2) is 18.2 Å². The maximum Gasteiger partial charge on any atom is 0.315 e. The number of aryl methyl sites for hydroxylation is 1. The van der Waals surface area contributed by atoms with Crippen LogP contribution in [-0.4, -0.2) is 33.2 Å². The third kappa shape index (κ3) is 3.63. The highest BCUT2D eigenvalue weighted by Crippen LogP contribution is 2.23. The molecule has 21 heavy (non-hydrogen) atoms. The van der Waals surface area contributed by atoms with Crippen molar-refractivity contribution in [3.8, 4) is 0 Å². The van der Waals surface area contributed by atoms with Crippen LogP contribution in [0.1, 0.15) is 12.2 Å².